The molecule has 1 aromatic heterocycles. The van der Waals surface area contributed by atoms with Crippen molar-refractivity contribution in [1.82, 2.24) is 10.3 Å². The highest BCUT2D eigenvalue weighted by Gasteiger charge is 2.37. The molecule has 1 fully saturated rings. The number of hydrogen-bond acceptors (Lipinski definition) is 4. The average molecular weight is 268 g/mol. The highest BCUT2D eigenvalue weighted by molar-refractivity contribution is 7.07. The van der Waals surface area contributed by atoms with Crippen molar-refractivity contribution in [2.75, 3.05) is 6.54 Å². The van der Waals surface area contributed by atoms with Gasteiger partial charge in [-0.15, -0.1) is 11.3 Å². The Balaban J connectivity index is 1.79. The number of carbonyl (C=O) groups excluding carboxylic acids is 1. The second-order valence-electron chi connectivity index (χ2n) is 4.50. The number of rotatable bonds is 5. The fourth-order valence-corrected chi connectivity index (χ4v) is 2.97. The number of aliphatic carboxylic acids is 1. The van der Waals surface area contributed by atoms with Gasteiger partial charge in [-0.3, -0.25) is 9.59 Å². The molecule has 1 saturated carbocycles. The molecule has 6 heteroatoms. The van der Waals surface area contributed by atoms with Gasteiger partial charge in [-0.2, -0.15) is 0 Å². The standard InChI is InChI=1S/C12H16N2O3S/c15-11(9-2-1-3-10(9)12(16)17)13-5-4-8-6-18-7-14-8/h6-7,9-10H,1-5H2,(H,13,15)(H,16,17)/t9-,10+/m1/s1. The number of nitrogens with one attached hydrogen (secondary N) is 1. The van der Waals surface area contributed by atoms with E-state index in [0.717, 1.165) is 12.1 Å². The zero-order valence-corrected chi connectivity index (χ0v) is 10.8. The number of carbonyl (C=O) groups is 2. The van der Waals surface area contributed by atoms with Crippen molar-refractivity contribution < 1.29 is 14.7 Å². The third kappa shape index (κ3) is 3.07. The molecule has 0 aromatic carbocycles. The first kappa shape index (κ1) is 13.0. The van der Waals surface area contributed by atoms with E-state index in [2.05, 4.69) is 10.3 Å². The lowest BCUT2D eigenvalue weighted by atomic mass is 9.95. The number of nitrogens with zero attached hydrogens (tertiary/aromatic N) is 1. The van der Waals surface area contributed by atoms with Gasteiger partial charge in [0, 0.05) is 18.3 Å². The van der Waals surface area contributed by atoms with E-state index in [1.54, 1.807) is 5.51 Å². The zero-order chi connectivity index (χ0) is 13.0. The third-order valence-corrected chi connectivity index (χ3v) is 3.97. The molecule has 1 aromatic rings. The SMILES string of the molecule is O=C(O)[C@H]1CCC[C@H]1C(=O)NCCc1cscn1. The Bertz CT molecular complexity index is 419. The number of aromatic nitrogens is 1. The van der Waals surface area contributed by atoms with Crippen LogP contribution in [0.25, 0.3) is 0 Å². The smallest absolute Gasteiger partial charge is 0.307 e. The zero-order valence-electron chi connectivity index (χ0n) is 9.96. The molecule has 0 unspecified atom stereocenters. The summed E-state index contributed by atoms with van der Waals surface area (Å²) in [5, 5.41) is 13.8. The number of amides is 1. The summed E-state index contributed by atoms with van der Waals surface area (Å²) in [7, 11) is 0. The van der Waals surface area contributed by atoms with E-state index in [-0.39, 0.29) is 11.8 Å². The predicted molar refractivity (Wildman–Crippen MR) is 67.3 cm³/mol. The van der Waals surface area contributed by atoms with Crippen molar-refractivity contribution >= 4 is 23.2 Å². The highest BCUT2D eigenvalue weighted by Crippen LogP contribution is 2.31. The maximum Gasteiger partial charge on any atom is 0.307 e. The minimum Gasteiger partial charge on any atom is -0.481 e. The van der Waals surface area contributed by atoms with Crippen molar-refractivity contribution in [2.45, 2.75) is 25.7 Å². The van der Waals surface area contributed by atoms with Gasteiger partial charge in [-0.1, -0.05) is 6.42 Å². The van der Waals surface area contributed by atoms with Crippen molar-refractivity contribution in [1.29, 1.82) is 0 Å². The van der Waals surface area contributed by atoms with Gasteiger partial charge in [0.1, 0.15) is 0 Å². The monoisotopic (exact) mass is 268 g/mol. The fourth-order valence-electron chi connectivity index (χ4n) is 2.38. The first-order valence-corrected chi connectivity index (χ1v) is 7.00. The van der Waals surface area contributed by atoms with Gasteiger partial charge < -0.3 is 10.4 Å². The molecule has 2 N–H and O–H groups in total. The Hall–Kier alpha value is -1.43. The Morgan fingerprint density at radius 1 is 1.44 bits per heavy atom. The molecule has 1 aliphatic rings. The Kier molecular flexibility index (Phi) is 4.30. The molecule has 2 rings (SSSR count). The van der Waals surface area contributed by atoms with Crippen LogP contribution in [-0.4, -0.2) is 28.5 Å². The number of hydrogen-bond donors (Lipinski definition) is 2. The van der Waals surface area contributed by atoms with Crippen LogP contribution in [0.4, 0.5) is 0 Å². The molecule has 2 atom stereocenters. The summed E-state index contributed by atoms with van der Waals surface area (Å²) in [5.41, 5.74) is 2.72. The van der Waals surface area contributed by atoms with Crippen LogP contribution in [0.3, 0.4) is 0 Å². The van der Waals surface area contributed by atoms with E-state index >= 15 is 0 Å². The number of carboxylic acid groups (broad SMARTS) is 1. The normalized spacial score (nSPS) is 22.9. The predicted octanol–water partition coefficient (Wildman–Crippen LogP) is 1.30. The summed E-state index contributed by atoms with van der Waals surface area (Å²) >= 11 is 1.53. The Labute approximate surface area is 109 Å². The Morgan fingerprint density at radius 3 is 2.89 bits per heavy atom. The first-order chi connectivity index (χ1) is 8.68. The van der Waals surface area contributed by atoms with E-state index in [4.69, 9.17) is 5.11 Å². The molecule has 18 heavy (non-hydrogen) atoms. The van der Waals surface area contributed by atoms with Crippen LogP contribution in [-0.2, 0) is 16.0 Å². The minimum absolute atomic E-state index is 0.130. The molecule has 0 spiro atoms. The van der Waals surface area contributed by atoms with Gasteiger partial charge in [0.2, 0.25) is 5.91 Å². The molecular formula is C12H16N2O3S. The maximum atomic E-state index is 11.9. The lowest BCUT2D eigenvalue weighted by molar-refractivity contribution is -0.146. The van der Waals surface area contributed by atoms with Crippen molar-refractivity contribution in [2.24, 2.45) is 11.8 Å². The lowest BCUT2D eigenvalue weighted by Crippen LogP contribution is -2.36. The molecule has 0 bridgehead atoms. The highest BCUT2D eigenvalue weighted by atomic mass is 32.1. The van der Waals surface area contributed by atoms with Gasteiger partial charge in [0.25, 0.3) is 0 Å². The van der Waals surface area contributed by atoms with Gasteiger partial charge in [-0.05, 0) is 12.8 Å². The first-order valence-electron chi connectivity index (χ1n) is 6.06. The van der Waals surface area contributed by atoms with Crippen LogP contribution in [0.2, 0.25) is 0 Å². The Morgan fingerprint density at radius 2 is 2.22 bits per heavy atom. The lowest BCUT2D eigenvalue weighted by Gasteiger charge is -2.15. The van der Waals surface area contributed by atoms with Crippen molar-refractivity contribution in [3.05, 3.63) is 16.6 Å². The quantitative estimate of drug-likeness (QED) is 0.843. The van der Waals surface area contributed by atoms with Crippen molar-refractivity contribution in [3.8, 4) is 0 Å². The van der Waals surface area contributed by atoms with E-state index in [1.807, 2.05) is 5.38 Å². The van der Waals surface area contributed by atoms with Crippen LogP contribution in [0.5, 0.6) is 0 Å². The third-order valence-electron chi connectivity index (χ3n) is 3.33. The summed E-state index contributed by atoms with van der Waals surface area (Å²) < 4.78 is 0. The topological polar surface area (TPSA) is 79.3 Å². The van der Waals surface area contributed by atoms with Gasteiger partial charge in [-0.25, -0.2) is 4.98 Å². The molecule has 1 amide bonds. The number of thiazole rings is 1. The van der Waals surface area contributed by atoms with E-state index in [9.17, 15) is 9.59 Å². The second kappa shape index (κ2) is 5.95. The van der Waals surface area contributed by atoms with Crippen LogP contribution >= 0.6 is 11.3 Å². The fraction of sp³-hybridized carbons (Fsp3) is 0.583. The van der Waals surface area contributed by atoms with Crippen LogP contribution in [0.15, 0.2) is 10.9 Å². The summed E-state index contributed by atoms with van der Waals surface area (Å²) in [4.78, 5) is 27.0. The largest absolute Gasteiger partial charge is 0.481 e. The van der Waals surface area contributed by atoms with Crippen LogP contribution in [0, 0.1) is 11.8 Å². The van der Waals surface area contributed by atoms with E-state index in [1.165, 1.54) is 11.3 Å². The van der Waals surface area contributed by atoms with Crippen LogP contribution in [0.1, 0.15) is 25.0 Å². The summed E-state index contributed by atoms with van der Waals surface area (Å²) in [6, 6.07) is 0. The molecule has 1 aliphatic carbocycles. The van der Waals surface area contributed by atoms with Crippen LogP contribution < -0.4 is 5.32 Å². The second-order valence-corrected chi connectivity index (χ2v) is 5.22. The molecule has 5 nitrogen and oxygen atoms in total. The molecule has 1 heterocycles. The molecule has 0 radical (unpaired) electrons. The van der Waals surface area contributed by atoms with Gasteiger partial charge in [0.15, 0.2) is 0 Å². The summed E-state index contributed by atoms with van der Waals surface area (Å²) in [6.07, 6.45) is 2.81. The molecular weight excluding hydrogens is 252 g/mol. The average Bonchev–Trinajstić information content (AvgIpc) is 2.99. The minimum atomic E-state index is -0.854. The molecule has 0 aliphatic heterocycles. The van der Waals surface area contributed by atoms with E-state index < -0.39 is 11.9 Å². The molecule has 0 saturated heterocycles. The summed E-state index contributed by atoms with van der Waals surface area (Å²) in [5.74, 6) is -1.86. The molecule has 98 valence electrons. The summed E-state index contributed by atoms with van der Waals surface area (Å²) in [6.45, 7) is 0.519. The number of carboxylic acids is 1. The van der Waals surface area contributed by atoms with E-state index in [0.29, 0.717) is 25.8 Å². The van der Waals surface area contributed by atoms with Gasteiger partial charge in [0.05, 0.1) is 23.0 Å². The maximum absolute atomic E-state index is 11.9. The van der Waals surface area contributed by atoms with Gasteiger partial charge >= 0.3 is 5.97 Å². The van der Waals surface area contributed by atoms with Crippen molar-refractivity contribution in [3.63, 3.8) is 0 Å².